The number of nitrogens with zero attached hydrogens (tertiary/aromatic N) is 2. The van der Waals surface area contributed by atoms with Crippen LogP contribution in [0.5, 0.6) is 0 Å². The Kier molecular flexibility index (Phi) is 5.78. The molecule has 1 aromatic heterocycles. The Morgan fingerprint density at radius 3 is 2.74 bits per heavy atom. The Labute approximate surface area is 131 Å². The SMILES string of the molecule is Cl.Nc1nc(=O)n([C@@H]2O[C@H](CO)[C@@H](O)[C@H]2Br)cc1Br. The van der Waals surface area contributed by atoms with E-state index in [9.17, 15) is 9.90 Å². The zero-order chi connectivity index (χ0) is 13.4. The minimum absolute atomic E-state index is 0. The second-order valence-corrected chi connectivity index (χ2v) is 5.76. The van der Waals surface area contributed by atoms with Crippen LogP contribution in [0.1, 0.15) is 6.23 Å². The van der Waals surface area contributed by atoms with Gasteiger partial charge in [0.15, 0.2) is 6.23 Å². The van der Waals surface area contributed by atoms with Gasteiger partial charge in [0.1, 0.15) is 11.9 Å². The van der Waals surface area contributed by atoms with Crippen LogP contribution in [-0.4, -0.2) is 43.4 Å². The van der Waals surface area contributed by atoms with Gasteiger partial charge in [-0.05, 0) is 15.9 Å². The number of rotatable bonds is 2. The summed E-state index contributed by atoms with van der Waals surface area (Å²) in [6.45, 7) is -0.335. The van der Waals surface area contributed by atoms with Crippen molar-refractivity contribution in [2.24, 2.45) is 0 Å². The van der Waals surface area contributed by atoms with Crippen LogP contribution in [0.3, 0.4) is 0 Å². The van der Waals surface area contributed by atoms with Crippen LogP contribution in [0, 0.1) is 0 Å². The van der Waals surface area contributed by atoms with E-state index in [1.807, 2.05) is 0 Å². The molecule has 0 aliphatic carbocycles. The molecule has 0 bridgehead atoms. The molecule has 0 spiro atoms. The van der Waals surface area contributed by atoms with Crippen molar-refractivity contribution in [3.63, 3.8) is 0 Å². The summed E-state index contributed by atoms with van der Waals surface area (Å²) in [6, 6.07) is 0. The molecular formula is C9H12Br2ClN3O4. The molecule has 10 heteroatoms. The number of hydrogen-bond acceptors (Lipinski definition) is 6. The van der Waals surface area contributed by atoms with Gasteiger partial charge in [-0.1, -0.05) is 15.9 Å². The minimum Gasteiger partial charge on any atom is -0.394 e. The summed E-state index contributed by atoms with van der Waals surface area (Å²) in [5.41, 5.74) is 4.90. The second kappa shape index (κ2) is 6.51. The number of aliphatic hydroxyl groups is 2. The van der Waals surface area contributed by atoms with Crippen LogP contribution in [0.15, 0.2) is 15.5 Å². The Morgan fingerprint density at radius 1 is 1.58 bits per heavy atom. The average Bonchev–Trinajstić information content (AvgIpc) is 2.61. The number of aliphatic hydroxyl groups excluding tert-OH is 2. The van der Waals surface area contributed by atoms with Crippen LogP contribution < -0.4 is 11.4 Å². The third kappa shape index (κ3) is 3.11. The van der Waals surface area contributed by atoms with Crippen LogP contribution in [0.4, 0.5) is 5.82 Å². The number of ether oxygens (including phenoxy) is 1. The summed E-state index contributed by atoms with van der Waals surface area (Å²) in [5.74, 6) is 0.0830. The van der Waals surface area contributed by atoms with Gasteiger partial charge in [-0.15, -0.1) is 12.4 Å². The summed E-state index contributed by atoms with van der Waals surface area (Å²) in [6.07, 6.45) is -0.976. The summed E-state index contributed by atoms with van der Waals surface area (Å²) in [4.78, 5) is 14.8. The topological polar surface area (TPSA) is 111 Å². The smallest absolute Gasteiger partial charge is 0.351 e. The van der Waals surface area contributed by atoms with Crippen molar-refractivity contribution in [2.75, 3.05) is 12.3 Å². The van der Waals surface area contributed by atoms with Crippen molar-refractivity contribution < 1.29 is 14.9 Å². The fourth-order valence-corrected chi connectivity index (χ4v) is 2.75. The van der Waals surface area contributed by atoms with E-state index in [4.69, 9.17) is 15.6 Å². The fraction of sp³-hybridized carbons (Fsp3) is 0.556. The summed E-state index contributed by atoms with van der Waals surface area (Å²) < 4.78 is 7.07. The lowest BCUT2D eigenvalue weighted by molar-refractivity contribution is -0.0456. The highest BCUT2D eigenvalue weighted by Crippen LogP contribution is 2.34. The third-order valence-electron chi connectivity index (χ3n) is 2.68. The van der Waals surface area contributed by atoms with Gasteiger partial charge in [0, 0.05) is 6.20 Å². The van der Waals surface area contributed by atoms with Gasteiger partial charge in [-0.2, -0.15) is 4.98 Å². The van der Waals surface area contributed by atoms with E-state index in [1.165, 1.54) is 10.8 Å². The van der Waals surface area contributed by atoms with Crippen molar-refractivity contribution in [1.29, 1.82) is 0 Å². The van der Waals surface area contributed by atoms with Gasteiger partial charge >= 0.3 is 5.69 Å². The lowest BCUT2D eigenvalue weighted by atomic mass is 10.2. The summed E-state index contributed by atoms with van der Waals surface area (Å²) in [5, 5.41) is 18.8. The highest BCUT2D eigenvalue weighted by atomic mass is 79.9. The van der Waals surface area contributed by atoms with Crippen molar-refractivity contribution in [3.8, 4) is 0 Å². The first-order valence-corrected chi connectivity index (χ1v) is 6.79. The molecule has 0 unspecified atom stereocenters. The first-order valence-electron chi connectivity index (χ1n) is 5.08. The van der Waals surface area contributed by atoms with Crippen LogP contribution in [0.25, 0.3) is 0 Å². The Morgan fingerprint density at radius 2 is 2.21 bits per heavy atom. The van der Waals surface area contributed by atoms with E-state index in [-0.39, 0.29) is 24.8 Å². The molecule has 0 saturated carbocycles. The number of alkyl halides is 1. The lowest BCUT2D eigenvalue weighted by Gasteiger charge is -2.17. The molecule has 1 aliphatic heterocycles. The second-order valence-electron chi connectivity index (χ2n) is 3.85. The normalized spacial score (nSPS) is 30.1. The van der Waals surface area contributed by atoms with Gasteiger partial charge < -0.3 is 20.7 Å². The maximum absolute atomic E-state index is 11.7. The largest absolute Gasteiger partial charge is 0.394 e. The Hall–Kier alpha value is -0.190. The van der Waals surface area contributed by atoms with E-state index in [1.54, 1.807) is 0 Å². The molecule has 2 rings (SSSR count). The van der Waals surface area contributed by atoms with E-state index >= 15 is 0 Å². The number of aromatic nitrogens is 2. The van der Waals surface area contributed by atoms with Gasteiger partial charge in [0.25, 0.3) is 0 Å². The Bertz CT molecular complexity index is 515. The first kappa shape index (κ1) is 16.9. The van der Waals surface area contributed by atoms with Crippen molar-refractivity contribution >= 4 is 50.1 Å². The minimum atomic E-state index is -0.914. The van der Waals surface area contributed by atoms with E-state index in [0.29, 0.717) is 4.47 Å². The molecule has 0 aromatic carbocycles. The summed E-state index contributed by atoms with van der Waals surface area (Å²) >= 11 is 6.41. The highest BCUT2D eigenvalue weighted by molar-refractivity contribution is 9.10. The van der Waals surface area contributed by atoms with Gasteiger partial charge in [0.05, 0.1) is 22.0 Å². The fourth-order valence-electron chi connectivity index (χ4n) is 1.72. The zero-order valence-electron chi connectivity index (χ0n) is 9.44. The van der Waals surface area contributed by atoms with E-state index in [0.717, 1.165) is 0 Å². The van der Waals surface area contributed by atoms with Crippen LogP contribution in [-0.2, 0) is 4.74 Å². The third-order valence-corrected chi connectivity index (χ3v) is 4.29. The van der Waals surface area contributed by atoms with Crippen molar-refractivity contribution in [1.82, 2.24) is 9.55 Å². The van der Waals surface area contributed by atoms with Crippen LogP contribution >= 0.6 is 44.3 Å². The predicted octanol–water partition coefficient (Wildman–Crippen LogP) is 0.0239. The van der Waals surface area contributed by atoms with Gasteiger partial charge in [-0.3, -0.25) is 4.57 Å². The summed E-state index contributed by atoms with van der Waals surface area (Å²) in [7, 11) is 0. The van der Waals surface area contributed by atoms with Gasteiger partial charge in [-0.25, -0.2) is 4.79 Å². The number of nitrogen functional groups attached to an aromatic ring is 1. The standard InChI is InChI=1S/C9H11Br2N3O4.ClH/c10-3-1-14(9(17)13-7(3)12)8-5(11)6(16)4(2-15)18-8;/h1,4-6,8,15-16H,2H2,(H2,12,13,17);1H/t4-,5-,6-,8-;/m1./s1. The predicted molar refractivity (Wildman–Crippen MR) is 77.6 cm³/mol. The molecule has 1 aliphatic rings. The number of anilines is 1. The van der Waals surface area contributed by atoms with E-state index < -0.39 is 29.0 Å². The molecule has 4 N–H and O–H groups in total. The molecule has 0 radical (unpaired) electrons. The number of hydrogen-bond donors (Lipinski definition) is 3. The molecule has 4 atom stereocenters. The molecule has 1 saturated heterocycles. The molecule has 7 nitrogen and oxygen atoms in total. The van der Waals surface area contributed by atoms with E-state index in [2.05, 4.69) is 36.8 Å². The number of halogens is 3. The molecule has 1 fully saturated rings. The quantitative estimate of drug-likeness (QED) is 0.581. The van der Waals surface area contributed by atoms with Crippen LogP contribution in [0.2, 0.25) is 0 Å². The zero-order valence-corrected chi connectivity index (χ0v) is 13.4. The average molecular weight is 421 g/mol. The molecule has 1 aromatic rings. The molecule has 108 valence electrons. The maximum Gasteiger partial charge on any atom is 0.351 e. The lowest BCUT2D eigenvalue weighted by Crippen LogP contribution is -2.32. The highest BCUT2D eigenvalue weighted by Gasteiger charge is 2.43. The van der Waals surface area contributed by atoms with Crippen molar-refractivity contribution in [2.45, 2.75) is 23.3 Å². The molecule has 0 amide bonds. The van der Waals surface area contributed by atoms with Crippen molar-refractivity contribution in [3.05, 3.63) is 21.2 Å². The maximum atomic E-state index is 11.7. The Balaban J connectivity index is 0.00000180. The monoisotopic (exact) mass is 419 g/mol. The molecule has 2 heterocycles. The molecule has 19 heavy (non-hydrogen) atoms. The molecular weight excluding hydrogens is 409 g/mol. The number of nitrogens with two attached hydrogens (primary N) is 1. The first-order chi connectivity index (χ1) is 8.45. The van der Waals surface area contributed by atoms with Gasteiger partial charge in [0.2, 0.25) is 0 Å².